The van der Waals surface area contributed by atoms with Crippen LogP contribution in [0.1, 0.15) is 5.56 Å². The molecule has 0 bridgehead atoms. The molecule has 1 atom stereocenters. The number of halogens is 2. The predicted molar refractivity (Wildman–Crippen MR) is 121 cm³/mol. The van der Waals surface area contributed by atoms with E-state index in [1.54, 1.807) is 18.3 Å². The number of piperazine rings is 1. The van der Waals surface area contributed by atoms with Crippen LogP contribution in [0.5, 0.6) is 0 Å². The Morgan fingerprint density at radius 2 is 1.73 bits per heavy atom. The number of nitrogens with zero attached hydrogens (tertiary/aromatic N) is 3. The Balaban J connectivity index is 1.46. The molecule has 1 unspecified atom stereocenters. The van der Waals surface area contributed by atoms with E-state index in [0.717, 1.165) is 11.4 Å². The molecule has 8 heteroatoms. The first kappa shape index (κ1) is 20.6. The second-order valence-electron chi connectivity index (χ2n) is 7.13. The van der Waals surface area contributed by atoms with E-state index >= 15 is 0 Å². The van der Waals surface area contributed by atoms with E-state index in [1.807, 2.05) is 48.2 Å². The van der Waals surface area contributed by atoms with Gasteiger partial charge < -0.3 is 9.80 Å². The summed E-state index contributed by atoms with van der Waals surface area (Å²) in [6.07, 6.45) is 1.72. The second-order valence-corrected chi connectivity index (χ2v) is 8.78. The van der Waals surface area contributed by atoms with Gasteiger partial charge in [0.15, 0.2) is 5.82 Å². The summed E-state index contributed by atoms with van der Waals surface area (Å²) in [6.45, 7) is 4.63. The molecular weight excluding hydrogens is 423 g/mol. The van der Waals surface area contributed by atoms with Crippen molar-refractivity contribution in [3.05, 3.63) is 77.2 Å². The van der Waals surface area contributed by atoms with Crippen molar-refractivity contribution < 1.29 is 8.60 Å². The van der Waals surface area contributed by atoms with Crippen LogP contribution in [0.2, 0.25) is 5.02 Å². The van der Waals surface area contributed by atoms with Crippen LogP contribution >= 0.6 is 11.6 Å². The molecular formula is C22H22ClFN4OS. The Labute approximate surface area is 183 Å². The molecule has 2 heterocycles. The molecule has 0 radical (unpaired) electrons. The zero-order chi connectivity index (χ0) is 21.1. The molecule has 5 nitrogen and oxygen atoms in total. The van der Waals surface area contributed by atoms with Crippen LogP contribution in [0.4, 0.5) is 21.6 Å². The van der Waals surface area contributed by atoms with Crippen LogP contribution in [0.3, 0.4) is 0 Å². The minimum absolute atomic E-state index is 0.315. The average Bonchev–Trinajstić information content (AvgIpc) is 2.75. The fraction of sp³-hybridized carbons (Fsp3) is 0.227. The smallest absolute Gasteiger partial charge is 0.153 e. The van der Waals surface area contributed by atoms with Gasteiger partial charge in [-0.2, -0.15) is 0 Å². The zero-order valence-electron chi connectivity index (χ0n) is 16.5. The van der Waals surface area contributed by atoms with E-state index in [4.69, 9.17) is 11.6 Å². The van der Waals surface area contributed by atoms with Crippen molar-refractivity contribution in [2.45, 2.75) is 11.8 Å². The molecule has 0 aliphatic carbocycles. The lowest BCUT2D eigenvalue weighted by molar-refractivity contribution is 0.596. The lowest BCUT2D eigenvalue weighted by Crippen LogP contribution is -2.47. The van der Waals surface area contributed by atoms with Crippen LogP contribution in [-0.2, 0) is 11.0 Å². The molecule has 156 valence electrons. The minimum Gasteiger partial charge on any atom is -0.366 e. The van der Waals surface area contributed by atoms with Crippen molar-refractivity contribution in [3.63, 3.8) is 0 Å². The third-order valence-corrected chi connectivity index (χ3v) is 6.39. The molecule has 0 amide bonds. The lowest BCUT2D eigenvalue weighted by atomic mass is 10.2. The third-order valence-electron chi connectivity index (χ3n) is 5.05. The standard InChI is InChI=1S/C22H22ClFN4OS/c1-16-4-7-18(8-5-16)30(29)26-20-3-2-10-25-22(20)28-13-11-27(12-14-28)21-9-6-17(23)15-19(21)24/h2-10,15,26H,11-14H2,1H3. The number of rotatable bonds is 5. The van der Waals surface area contributed by atoms with Crippen molar-refractivity contribution >= 4 is 39.8 Å². The molecule has 0 saturated carbocycles. The summed E-state index contributed by atoms with van der Waals surface area (Å²) < 4.78 is 30.1. The number of aromatic nitrogens is 1. The highest BCUT2D eigenvalue weighted by atomic mass is 35.5. The maximum absolute atomic E-state index is 14.3. The first-order valence-corrected chi connectivity index (χ1v) is 11.2. The van der Waals surface area contributed by atoms with Crippen LogP contribution in [0.25, 0.3) is 0 Å². The molecule has 1 saturated heterocycles. The Morgan fingerprint density at radius 3 is 2.43 bits per heavy atom. The number of aryl methyl sites for hydroxylation is 1. The van der Waals surface area contributed by atoms with Crippen molar-refractivity contribution in [2.75, 3.05) is 40.7 Å². The number of pyridine rings is 1. The van der Waals surface area contributed by atoms with Crippen molar-refractivity contribution in [1.29, 1.82) is 0 Å². The van der Waals surface area contributed by atoms with E-state index in [2.05, 4.69) is 14.6 Å². The summed E-state index contributed by atoms with van der Waals surface area (Å²) in [6, 6.07) is 16.0. The van der Waals surface area contributed by atoms with Gasteiger partial charge in [-0.25, -0.2) is 13.6 Å². The summed E-state index contributed by atoms with van der Waals surface area (Å²) in [4.78, 5) is 9.34. The molecule has 2 aromatic carbocycles. The van der Waals surface area contributed by atoms with Gasteiger partial charge in [0.2, 0.25) is 0 Å². The van der Waals surface area contributed by atoms with Gasteiger partial charge in [0.25, 0.3) is 0 Å². The third kappa shape index (κ3) is 4.57. The summed E-state index contributed by atoms with van der Waals surface area (Å²) >= 11 is 5.86. The highest BCUT2D eigenvalue weighted by Gasteiger charge is 2.22. The molecule has 1 aliphatic heterocycles. The van der Waals surface area contributed by atoms with E-state index in [1.165, 1.54) is 6.07 Å². The van der Waals surface area contributed by atoms with Crippen molar-refractivity contribution in [1.82, 2.24) is 4.98 Å². The first-order chi connectivity index (χ1) is 14.5. The van der Waals surface area contributed by atoms with Gasteiger partial charge in [-0.05, 0) is 49.4 Å². The van der Waals surface area contributed by atoms with Gasteiger partial charge in [0, 0.05) is 37.4 Å². The largest absolute Gasteiger partial charge is 0.366 e. The Kier molecular flexibility index (Phi) is 6.20. The maximum Gasteiger partial charge on any atom is 0.153 e. The molecule has 1 N–H and O–H groups in total. The minimum atomic E-state index is -1.39. The first-order valence-electron chi connectivity index (χ1n) is 9.66. The fourth-order valence-electron chi connectivity index (χ4n) is 3.45. The summed E-state index contributed by atoms with van der Waals surface area (Å²) in [5.41, 5.74) is 2.38. The van der Waals surface area contributed by atoms with Gasteiger partial charge in [0.05, 0.1) is 16.3 Å². The molecule has 4 rings (SSSR count). The predicted octanol–water partition coefficient (Wildman–Crippen LogP) is 4.64. The Hall–Kier alpha value is -2.64. The highest BCUT2D eigenvalue weighted by molar-refractivity contribution is 7.86. The van der Waals surface area contributed by atoms with Gasteiger partial charge in [-0.3, -0.25) is 4.72 Å². The normalized spacial score (nSPS) is 15.2. The van der Waals surface area contributed by atoms with E-state index < -0.39 is 11.0 Å². The van der Waals surface area contributed by atoms with E-state index in [9.17, 15) is 8.60 Å². The monoisotopic (exact) mass is 444 g/mol. The zero-order valence-corrected chi connectivity index (χ0v) is 18.1. The number of benzene rings is 2. The topological polar surface area (TPSA) is 48.5 Å². The number of anilines is 3. The summed E-state index contributed by atoms with van der Waals surface area (Å²) in [7, 11) is -1.39. The maximum atomic E-state index is 14.3. The van der Waals surface area contributed by atoms with Crippen LogP contribution < -0.4 is 14.5 Å². The number of hydrogen-bond acceptors (Lipinski definition) is 4. The number of nitrogens with one attached hydrogen (secondary N) is 1. The quantitative estimate of drug-likeness (QED) is 0.622. The lowest BCUT2D eigenvalue weighted by Gasteiger charge is -2.37. The Bertz CT molecular complexity index is 1060. The second kappa shape index (κ2) is 9.02. The average molecular weight is 445 g/mol. The molecule has 1 fully saturated rings. The van der Waals surface area contributed by atoms with Gasteiger partial charge in [0.1, 0.15) is 16.8 Å². The van der Waals surface area contributed by atoms with Gasteiger partial charge in [-0.1, -0.05) is 29.3 Å². The highest BCUT2D eigenvalue weighted by Crippen LogP contribution is 2.28. The molecule has 3 aromatic rings. The van der Waals surface area contributed by atoms with Gasteiger partial charge in [-0.15, -0.1) is 0 Å². The van der Waals surface area contributed by atoms with E-state index in [0.29, 0.717) is 47.5 Å². The van der Waals surface area contributed by atoms with Gasteiger partial charge >= 0.3 is 0 Å². The van der Waals surface area contributed by atoms with Crippen LogP contribution in [0.15, 0.2) is 65.7 Å². The van der Waals surface area contributed by atoms with Crippen molar-refractivity contribution in [3.8, 4) is 0 Å². The molecule has 1 aromatic heterocycles. The SMILES string of the molecule is Cc1ccc(S(=O)Nc2cccnc2N2CCN(c3ccc(Cl)cc3F)CC2)cc1. The summed E-state index contributed by atoms with van der Waals surface area (Å²) in [5, 5.41) is 0.390. The number of hydrogen-bond donors (Lipinski definition) is 1. The summed E-state index contributed by atoms with van der Waals surface area (Å²) in [5.74, 6) is 0.429. The van der Waals surface area contributed by atoms with Crippen LogP contribution in [-0.4, -0.2) is 35.4 Å². The fourth-order valence-corrected chi connectivity index (χ4v) is 4.47. The molecule has 0 spiro atoms. The van der Waals surface area contributed by atoms with Crippen LogP contribution in [0, 0.1) is 12.7 Å². The Morgan fingerprint density at radius 1 is 1.03 bits per heavy atom. The van der Waals surface area contributed by atoms with Crippen molar-refractivity contribution in [2.24, 2.45) is 0 Å². The molecule has 1 aliphatic rings. The van der Waals surface area contributed by atoms with E-state index in [-0.39, 0.29) is 5.82 Å². The molecule has 30 heavy (non-hydrogen) atoms.